The zero-order chi connectivity index (χ0) is 25.0. The summed E-state index contributed by atoms with van der Waals surface area (Å²) in [5.74, 6) is 0.676. The van der Waals surface area contributed by atoms with Crippen LogP contribution in [0.3, 0.4) is 0 Å². The summed E-state index contributed by atoms with van der Waals surface area (Å²) >= 11 is 3.50. The minimum atomic E-state index is -0.542. The first kappa shape index (κ1) is 23.6. The summed E-state index contributed by atoms with van der Waals surface area (Å²) in [4.78, 5) is 24.9. The number of pyridine rings is 1. The molecular weight excluding hydrogens is 522 g/mol. The molecule has 0 saturated carbocycles. The number of ether oxygens (including phenoxy) is 2. The number of halogens is 1. The lowest BCUT2D eigenvalue weighted by atomic mass is 10.1. The largest absolute Gasteiger partial charge is 0.456 e. The molecule has 36 heavy (non-hydrogen) atoms. The first-order valence-corrected chi connectivity index (χ1v) is 13.2. The lowest BCUT2D eigenvalue weighted by Gasteiger charge is -2.30. The average Bonchev–Trinajstić information content (AvgIpc) is 3.31. The van der Waals surface area contributed by atoms with Gasteiger partial charge in [-0.2, -0.15) is 0 Å². The van der Waals surface area contributed by atoms with Crippen LogP contribution in [0.2, 0.25) is 0 Å². The Hall–Kier alpha value is -2.75. The van der Waals surface area contributed by atoms with Gasteiger partial charge in [-0.15, -0.1) is 0 Å². The van der Waals surface area contributed by atoms with E-state index in [1.54, 1.807) is 0 Å². The molecule has 2 aliphatic rings. The number of aromatic nitrogens is 4. The molecule has 1 aromatic carbocycles. The Labute approximate surface area is 218 Å². The van der Waals surface area contributed by atoms with Crippen LogP contribution in [0, 0.1) is 0 Å². The molecule has 188 valence electrons. The third-order valence-electron chi connectivity index (χ3n) is 6.83. The van der Waals surface area contributed by atoms with Gasteiger partial charge in [0.05, 0.1) is 35.8 Å². The van der Waals surface area contributed by atoms with Gasteiger partial charge in [0.15, 0.2) is 0 Å². The monoisotopic (exact) mass is 551 g/mol. The number of fused-ring (bicyclic) bond motifs is 4. The van der Waals surface area contributed by atoms with Crippen LogP contribution in [0.4, 0.5) is 0 Å². The van der Waals surface area contributed by atoms with Crippen LogP contribution in [-0.4, -0.2) is 54.8 Å². The van der Waals surface area contributed by atoms with Gasteiger partial charge in [0.1, 0.15) is 21.7 Å². The first-order valence-electron chi connectivity index (χ1n) is 12.4. The van der Waals surface area contributed by atoms with Gasteiger partial charge >= 0.3 is 5.97 Å². The molecular formula is C27H30BrN5O3. The summed E-state index contributed by atoms with van der Waals surface area (Å²) in [6.45, 7) is 10.5. The van der Waals surface area contributed by atoms with Crippen LogP contribution >= 0.6 is 15.9 Å². The summed E-state index contributed by atoms with van der Waals surface area (Å²) in [5, 5.41) is 1.17. The molecule has 1 atom stereocenters. The van der Waals surface area contributed by atoms with Crippen LogP contribution < -0.4 is 0 Å². The lowest BCUT2D eigenvalue weighted by Crippen LogP contribution is -2.35. The third kappa shape index (κ3) is 4.55. The zero-order valence-electron chi connectivity index (χ0n) is 20.8. The Morgan fingerprint density at radius 1 is 1.17 bits per heavy atom. The van der Waals surface area contributed by atoms with Crippen molar-refractivity contribution in [1.29, 1.82) is 0 Å². The van der Waals surface area contributed by atoms with Gasteiger partial charge in [0, 0.05) is 37.3 Å². The number of benzene rings is 1. The molecule has 3 aromatic heterocycles. The SMILES string of the molecule is CC(C)(C)OC(=O)c1ccc2nc(CN3CCn4c(cc5ccc(Br)nc54)C3)n(C[C@@H]3CCO3)c2c1. The van der Waals surface area contributed by atoms with Crippen LogP contribution in [0.15, 0.2) is 41.0 Å². The topological polar surface area (TPSA) is 74.4 Å². The summed E-state index contributed by atoms with van der Waals surface area (Å²) in [7, 11) is 0. The Morgan fingerprint density at radius 2 is 2.00 bits per heavy atom. The normalized spacial score (nSPS) is 18.4. The Balaban J connectivity index is 1.30. The molecule has 0 N–H and O–H groups in total. The van der Waals surface area contributed by atoms with Gasteiger partial charge in [-0.05, 0) is 79.5 Å². The lowest BCUT2D eigenvalue weighted by molar-refractivity contribution is -0.0592. The van der Waals surface area contributed by atoms with Gasteiger partial charge in [-0.3, -0.25) is 4.90 Å². The molecule has 5 heterocycles. The molecule has 0 amide bonds. The van der Waals surface area contributed by atoms with Crippen molar-refractivity contribution in [3.63, 3.8) is 0 Å². The van der Waals surface area contributed by atoms with E-state index in [1.807, 2.05) is 45.0 Å². The molecule has 2 aliphatic heterocycles. The second-order valence-corrected chi connectivity index (χ2v) is 11.5. The van der Waals surface area contributed by atoms with Crippen LogP contribution in [0.25, 0.3) is 22.1 Å². The van der Waals surface area contributed by atoms with Gasteiger partial charge < -0.3 is 18.6 Å². The summed E-state index contributed by atoms with van der Waals surface area (Å²) in [6.07, 6.45) is 1.22. The Morgan fingerprint density at radius 3 is 2.75 bits per heavy atom. The predicted molar refractivity (Wildman–Crippen MR) is 141 cm³/mol. The number of carbonyl (C=O) groups is 1. The van der Waals surface area contributed by atoms with Gasteiger partial charge in [-0.25, -0.2) is 14.8 Å². The second kappa shape index (κ2) is 8.97. The van der Waals surface area contributed by atoms with Crippen molar-refractivity contribution in [3.05, 3.63) is 58.1 Å². The molecule has 4 aromatic rings. The Bertz CT molecular complexity index is 1460. The molecule has 0 radical (unpaired) electrons. The summed E-state index contributed by atoms with van der Waals surface area (Å²) in [6, 6.07) is 12.0. The van der Waals surface area contributed by atoms with Crippen molar-refractivity contribution < 1.29 is 14.3 Å². The highest BCUT2D eigenvalue weighted by molar-refractivity contribution is 9.10. The molecule has 0 aliphatic carbocycles. The number of carbonyl (C=O) groups excluding carboxylic acids is 1. The molecule has 0 bridgehead atoms. The number of nitrogens with zero attached hydrogens (tertiary/aromatic N) is 5. The van der Waals surface area contributed by atoms with E-state index in [0.29, 0.717) is 5.56 Å². The highest BCUT2D eigenvalue weighted by Gasteiger charge is 2.26. The number of esters is 1. The molecule has 0 unspecified atom stereocenters. The van der Waals surface area contributed by atoms with Gasteiger partial charge in [-0.1, -0.05) is 0 Å². The number of imidazole rings is 1. The molecule has 6 rings (SSSR count). The molecule has 1 fully saturated rings. The van der Waals surface area contributed by atoms with E-state index in [2.05, 4.69) is 47.1 Å². The van der Waals surface area contributed by atoms with Crippen molar-refractivity contribution >= 4 is 44.0 Å². The van der Waals surface area contributed by atoms with E-state index in [9.17, 15) is 4.79 Å². The minimum absolute atomic E-state index is 0.180. The summed E-state index contributed by atoms with van der Waals surface area (Å²) < 4.78 is 16.8. The van der Waals surface area contributed by atoms with Gasteiger partial charge in [0.25, 0.3) is 0 Å². The van der Waals surface area contributed by atoms with Crippen LogP contribution in [0.5, 0.6) is 0 Å². The maximum atomic E-state index is 12.7. The van der Waals surface area contributed by atoms with Crippen molar-refractivity contribution in [2.45, 2.75) is 65.1 Å². The quantitative estimate of drug-likeness (QED) is 0.259. The van der Waals surface area contributed by atoms with E-state index in [4.69, 9.17) is 14.5 Å². The van der Waals surface area contributed by atoms with E-state index in [1.165, 1.54) is 11.1 Å². The Kier molecular flexibility index (Phi) is 5.89. The fraction of sp³-hybridized carbons (Fsp3) is 0.444. The third-order valence-corrected chi connectivity index (χ3v) is 7.27. The average molecular weight is 552 g/mol. The van der Waals surface area contributed by atoms with Crippen LogP contribution in [0.1, 0.15) is 49.1 Å². The van der Waals surface area contributed by atoms with Crippen LogP contribution in [-0.2, 0) is 35.7 Å². The molecule has 1 saturated heterocycles. The first-order chi connectivity index (χ1) is 17.2. The standard InChI is InChI=1S/C27H30BrN5O3/c1-27(2,3)36-26(34)18-4-6-21-22(13-18)33(15-20-8-11-35-20)24(29-21)16-31-9-10-32-19(14-31)12-17-5-7-23(28)30-25(17)32/h4-7,12-13,20H,8-11,14-16H2,1-3H3/t20-/m0/s1. The van der Waals surface area contributed by atoms with E-state index in [-0.39, 0.29) is 12.1 Å². The maximum absolute atomic E-state index is 12.7. The predicted octanol–water partition coefficient (Wildman–Crippen LogP) is 4.91. The highest BCUT2D eigenvalue weighted by atomic mass is 79.9. The fourth-order valence-corrected chi connectivity index (χ4v) is 5.32. The minimum Gasteiger partial charge on any atom is -0.456 e. The second-order valence-electron chi connectivity index (χ2n) is 10.7. The van der Waals surface area contributed by atoms with E-state index in [0.717, 1.165) is 72.9 Å². The van der Waals surface area contributed by atoms with Gasteiger partial charge in [0.2, 0.25) is 0 Å². The van der Waals surface area contributed by atoms with Crippen molar-refractivity contribution in [2.75, 3.05) is 13.2 Å². The molecule has 9 heteroatoms. The molecule has 0 spiro atoms. The number of hydrogen-bond acceptors (Lipinski definition) is 6. The zero-order valence-corrected chi connectivity index (χ0v) is 22.4. The smallest absolute Gasteiger partial charge is 0.338 e. The van der Waals surface area contributed by atoms with E-state index >= 15 is 0 Å². The summed E-state index contributed by atoms with van der Waals surface area (Å²) in [5.41, 5.74) is 4.13. The van der Waals surface area contributed by atoms with Crippen molar-refractivity contribution in [2.24, 2.45) is 0 Å². The molecule has 8 nitrogen and oxygen atoms in total. The number of rotatable bonds is 5. The van der Waals surface area contributed by atoms with Crippen molar-refractivity contribution in [1.82, 2.24) is 24.0 Å². The fourth-order valence-electron chi connectivity index (χ4n) is 5.02. The van der Waals surface area contributed by atoms with Crippen molar-refractivity contribution in [3.8, 4) is 0 Å². The number of hydrogen-bond donors (Lipinski definition) is 0. The van der Waals surface area contributed by atoms with E-state index < -0.39 is 5.60 Å². The highest BCUT2D eigenvalue weighted by Crippen LogP contribution is 2.27. The maximum Gasteiger partial charge on any atom is 0.338 e.